The number of aliphatic hydroxyl groups excluding tert-OH is 4. The number of hydrogen-bond acceptors (Lipinski definition) is 44. The number of fused-ring (bicyclic) bond motifs is 1. The Morgan fingerprint density at radius 2 is 0.914 bits per heavy atom. The summed E-state index contributed by atoms with van der Waals surface area (Å²) in [4.78, 5) is 179. The van der Waals surface area contributed by atoms with Crippen molar-refractivity contribution in [3.05, 3.63) is 96.3 Å². The molecule has 9 unspecified atom stereocenters. The maximum absolute atomic E-state index is 14.9. The second kappa shape index (κ2) is 41.1. The number of aryl methyl sites for hydroxylation is 1. The number of H-pyrrole nitrogens is 1. The van der Waals surface area contributed by atoms with Crippen molar-refractivity contribution in [3.8, 4) is 12.3 Å². The predicted molar refractivity (Wildman–Crippen MR) is 403 cm³/mol. The number of nitrogens with zero attached hydrogens (tertiary/aromatic N) is 9. The minimum absolute atomic E-state index is 0.0120. The highest BCUT2D eigenvalue weighted by atomic mass is 35.5. The van der Waals surface area contributed by atoms with Crippen LogP contribution in [-0.4, -0.2) is 279 Å². The van der Waals surface area contributed by atoms with Crippen LogP contribution in [0.15, 0.2) is 99.9 Å². The Morgan fingerprint density at radius 1 is 0.539 bits per heavy atom. The van der Waals surface area contributed by atoms with Crippen molar-refractivity contribution < 1.29 is 251 Å². The van der Waals surface area contributed by atoms with Crippen molar-refractivity contribution in [3.63, 3.8) is 0 Å². The molecule has 0 saturated carbocycles. The highest BCUT2D eigenvalue weighted by Crippen LogP contribution is 2.71. The van der Waals surface area contributed by atoms with Crippen molar-refractivity contribution in [2.24, 2.45) is 32.2 Å². The number of imidazole rings is 1. The van der Waals surface area contributed by atoms with Crippen LogP contribution in [0.4, 0.5) is 26.3 Å². The maximum Gasteiger partial charge on any atom is 0.490 e. The molecule has 4 saturated heterocycles. The lowest BCUT2D eigenvalue weighted by atomic mass is 9.92. The number of nitrogens with one attached hydrogen (secondary N) is 1. The summed E-state index contributed by atoms with van der Waals surface area (Å²) >= 11 is 5.71. The first-order valence-corrected chi connectivity index (χ1v) is 51.3. The van der Waals surface area contributed by atoms with E-state index in [0.29, 0.717) is 6.20 Å². The summed E-state index contributed by atoms with van der Waals surface area (Å²) in [5.74, 6) is -0.838. The smallest absolute Gasteiger partial charge is 0.387 e. The van der Waals surface area contributed by atoms with Gasteiger partial charge in [0.1, 0.15) is 83.4 Å². The number of terminal acetylenes is 1. The van der Waals surface area contributed by atoms with E-state index in [2.05, 4.69) is 102 Å². The molecule has 0 aliphatic carbocycles. The number of rotatable bonds is 34. The molecule has 0 spiro atoms. The van der Waals surface area contributed by atoms with Crippen molar-refractivity contribution in [1.29, 1.82) is 0 Å². The van der Waals surface area contributed by atoms with Gasteiger partial charge in [-0.15, -0.1) is 18.0 Å². The van der Waals surface area contributed by atoms with Gasteiger partial charge in [0.2, 0.25) is 0 Å². The van der Waals surface area contributed by atoms with Crippen molar-refractivity contribution in [1.82, 2.24) is 34.2 Å². The van der Waals surface area contributed by atoms with Gasteiger partial charge in [-0.2, -0.15) is 34.5 Å². The fourth-order valence-electron chi connectivity index (χ4n) is 10.7. The van der Waals surface area contributed by atoms with Crippen molar-refractivity contribution >= 4 is 134 Å². The molecule has 2 aromatic rings. The number of aromatic amines is 1. The van der Waals surface area contributed by atoms with Crippen LogP contribution in [0.2, 0.25) is 0 Å². The zero-order valence-corrected chi connectivity index (χ0v) is 74.7. The molecule has 2 aromatic heterocycles. The molecule has 728 valence electrons. The van der Waals surface area contributed by atoms with Gasteiger partial charge in [0.25, 0.3) is 5.56 Å². The molecule has 0 radical (unpaired) electrons. The van der Waals surface area contributed by atoms with Gasteiger partial charge in [-0.05, 0) is 32.9 Å². The predicted octanol–water partition coefficient (Wildman–Crippen LogP) is -0.370. The summed E-state index contributed by atoms with van der Waals surface area (Å²) in [5, 5.41) is 41.1. The molecule has 62 nitrogen and oxygen atoms in total. The minimum atomic E-state index is -5.85. The second-order valence-corrected chi connectivity index (χ2v) is 43.7. The first kappa shape index (κ1) is 112. The Labute approximate surface area is 713 Å². The van der Waals surface area contributed by atoms with Crippen molar-refractivity contribution in [2.75, 3.05) is 32.3 Å². The van der Waals surface area contributed by atoms with Crippen LogP contribution in [0.25, 0.3) is 11.2 Å². The summed E-state index contributed by atoms with van der Waals surface area (Å²) in [5.41, 5.74) is 5.99. The first-order valence-electron chi connectivity index (χ1n) is 32.7. The van der Waals surface area contributed by atoms with E-state index in [-0.39, 0.29) is 46.1 Å². The monoisotopic (exact) mass is 2120 g/mol. The molecular weight excluding hydrogens is 2050 g/mol. The van der Waals surface area contributed by atoms with Crippen LogP contribution in [0.3, 0.4) is 0 Å². The quantitative estimate of drug-likeness (QED) is 0.0184. The molecule has 128 heavy (non-hydrogen) atoms. The van der Waals surface area contributed by atoms with Crippen LogP contribution >= 0.6 is 105 Å². The molecular formula is C47H72ClF6N13O49P12. The highest BCUT2D eigenvalue weighted by Gasteiger charge is 2.64. The molecule has 7 aliphatic heterocycles. The zero-order chi connectivity index (χ0) is 98.2. The molecule has 9 rings (SSSR count). The van der Waals surface area contributed by atoms with E-state index in [1.165, 1.54) is 31.5 Å². The van der Waals surface area contributed by atoms with Gasteiger partial charge in [0.05, 0.1) is 32.0 Å². The lowest BCUT2D eigenvalue weighted by Gasteiger charge is -2.34. The molecule has 81 heteroatoms. The number of amidine groups is 3. The number of hydrogen-bond donors (Lipinski definition) is 24. The van der Waals surface area contributed by atoms with Gasteiger partial charge in [0, 0.05) is 18.6 Å². The van der Waals surface area contributed by atoms with Gasteiger partial charge in [-0.3, -0.25) is 27.5 Å². The standard InChI is InChI=1S/C12H20F2N3O12P3.C12H18FN4O13P3.C12H17FN3O12P3.C11H17ClF2N3O12P3/c1-6(13)12(5-26-31(22,23)29-32(24,25)28-30(19,20)21)10(18)9(14)11(27-12)17-4-3-8(15)16-7(17)2;1-5-15-9-7(10(19)16-5)14-4-17(9)11-6(13)8(18)12(2,28-11)3-27-32(23,24)30-33(25,26)29-31(20,21)22;1-3-12(6-25-30(21,22)28-31(23,24)27-29(18,19)20)10(17)9(13)11(26-12)16-5-4-8(14)15-7(16)2;1-5-16-9(15)6(13)2-17(5)10-7(14)8(18)11(3-12,27-10)4-26-31(22,23)29-32(24,25)28-30(19,20)21/h3-4,6,9-11,18H,2,5H2,1H3,(H2,15,16)(H,22,23)(H,24,25)(H2,19,20,21);4,6,8,11,18H,3H2,1-2H3,(H,23,24)(H,25,26)(H,15,16,19)(H2,20,21,22);1,4-5,9-11,17H,2,6H2,(H2,14,15)(H,21,22)(H,23,24)(H2,18,19,20);2,7-8,10,18H,1,3-4H2,(H2,15,16)(H,22,23)(H,24,25)(H2,19,20,21)/t6?,9-,10+,11-,12+;6-,8+,11-,12-;9-,10+,11-,12-;7-,8+,10-,11-/m1111/s1. The number of aliphatic hydroxyl groups is 4. The Hall–Kier alpha value is -4.65. The number of phosphoric ester groups is 4. The lowest BCUT2D eigenvalue weighted by molar-refractivity contribution is -0.162. The molecule has 4 fully saturated rings. The van der Waals surface area contributed by atoms with Crippen LogP contribution in [-0.2, 0) is 126 Å². The van der Waals surface area contributed by atoms with Crippen LogP contribution in [0.1, 0.15) is 25.9 Å². The molecule has 27 N–H and O–H groups in total. The third kappa shape index (κ3) is 29.9. The third-order valence-corrected chi connectivity index (χ3v) is 31.7. The third-order valence-electron chi connectivity index (χ3n) is 16.2. The highest BCUT2D eigenvalue weighted by molar-refractivity contribution is 7.68. The van der Waals surface area contributed by atoms with Gasteiger partial charge in [-0.1, -0.05) is 25.7 Å². The summed E-state index contributed by atoms with van der Waals surface area (Å²) in [6.45, 7) is 8.77. The van der Waals surface area contributed by atoms with E-state index in [1.807, 2.05) is 5.92 Å². The number of nitrogens with two attached hydrogens (primary N) is 3. The number of halogens is 7. The Morgan fingerprint density at radius 3 is 1.32 bits per heavy atom. The number of phosphoric acid groups is 12. The molecule has 7 aliphatic rings. The van der Waals surface area contributed by atoms with Crippen LogP contribution in [0, 0.1) is 19.3 Å². The van der Waals surface area contributed by atoms with Gasteiger partial charge in [0.15, 0.2) is 83.6 Å². The average molecular weight is 2120 g/mol. The van der Waals surface area contributed by atoms with Crippen molar-refractivity contribution in [2.45, 2.75) is 123 Å². The van der Waals surface area contributed by atoms with Crippen LogP contribution in [0.5, 0.6) is 0 Å². The van der Waals surface area contributed by atoms with E-state index in [4.69, 9.17) is 113 Å². The lowest BCUT2D eigenvalue weighted by Crippen LogP contribution is -2.52. The Bertz CT molecular complexity index is 5480. The molecule has 0 bridgehead atoms. The first-order chi connectivity index (χ1) is 57.7. The SMILES string of the molecule is C#C[C@]1(COP(=O)(O)OP(=O)(O)OP(=O)(O)O)O[C@@H](N2C=CC(N)=NC2=C)[C@H](F)[C@@H]1O.C=C1N=C(N)C(F)=CN1[C@@H]1O[C@](CCl)(COP(=O)(O)OP(=O)(O)OP(=O)(O)O)[C@@H](O)[C@H]1F.C=C1N=C(N)C=CN1[C@@H]1O[C@@](COP(=O)(O)OP(=O)(O)OP(=O)(O)O)(C(C)F)[C@@H](O)[C@H]1F.Cc1nc2c(ncn2[C@@H]2O[C@](C)(COP(=O)(O)OP(=O)(O)OP(=O)(O)O)[C@@H](O)[C@H]2F)c(=O)[nH]1. The number of aliphatic imine (C=N–C) groups is 3. The fourth-order valence-corrected chi connectivity index (χ4v) is 23.3. The van der Waals surface area contributed by atoms with E-state index in [9.17, 15) is 126 Å². The molecule has 0 amide bonds. The van der Waals surface area contributed by atoms with E-state index < -0.39 is 246 Å². The van der Waals surface area contributed by atoms with Gasteiger partial charge < -0.3 is 155 Å². The van der Waals surface area contributed by atoms with Crippen LogP contribution < -0.4 is 22.8 Å². The summed E-state index contributed by atoms with van der Waals surface area (Å²) in [7, 11) is -68.1. The summed E-state index contributed by atoms with van der Waals surface area (Å²) < 4.78 is 291. The zero-order valence-electron chi connectivity index (χ0n) is 63.3. The van der Waals surface area contributed by atoms with Gasteiger partial charge in [-0.25, -0.2) is 106 Å². The fraction of sp³-hybridized carbons (Fsp3) is 0.532. The Kier molecular flexibility index (Phi) is 36.0. The molecule has 9 heterocycles. The second-order valence-electron chi connectivity index (χ2n) is 25.8. The summed E-state index contributed by atoms with van der Waals surface area (Å²) in [6, 6.07) is 0. The van der Waals surface area contributed by atoms with E-state index in [0.717, 1.165) is 39.4 Å². The van der Waals surface area contributed by atoms with E-state index >= 15 is 0 Å². The average Bonchev–Trinajstić information content (AvgIpc) is 1.62. The topological polar surface area (TPSA) is 946 Å². The van der Waals surface area contributed by atoms with Gasteiger partial charge >= 0.3 is 93.9 Å². The number of aromatic nitrogens is 4. The normalized spacial score (nSPS) is 32.2. The number of ether oxygens (including phenoxy) is 4. The summed E-state index contributed by atoms with van der Waals surface area (Å²) in [6.07, 6.45) is -14.9. The molecule has 0 aromatic carbocycles. The maximum atomic E-state index is 14.9. The minimum Gasteiger partial charge on any atom is -0.387 e. The van der Waals surface area contributed by atoms with E-state index in [1.54, 1.807) is 0 Å². The number of alkyl halides is 6. The Balaban J connectivity index is 0.000000263. The molecule has 25 atom stereocenters. The largest absolute Gasteiger partial charge is 0.490 e.